The zero-order chi connectivity index (χ0) is 33.3. The third-order valence-electron chi connectivity index (χ3n) is 8.71. The molecule has 0 aliphatic heterocycles. The summed E-state index contributed by atoms with van der Waals surface area (Å²) in [6.07, 6.45) is 8.52. The second-order valence-corrected chi connectivity index (χ2v) is 13.3. The van der Waals surface area contributed by atoms with Crippen molar-refractivity contribution in [1.29, 1.82) is 0 Å². The van der Waals surface area contributed by atoms with Crippen LogP contribution in [0.3, 0.4) is 0 Å². The quantitative estimate of drug-likeness (QED) is 0.110. The molecule has 2 aromatic carbocycles. The molecule has 0 amide bonds. The molecule has 4 aromatic rings. The Morgan fingerprint density at radius 1 is 1.02 bits per heavy atom. The van der Waals surface area contributed by atoms with Crippen molar-refractivity contribution < 1.29 is 32.7 Å². The number of aliphatic hydroxyl groups is 1. The van der Waals surface area contributed by atoms with Crippen LogP contribution >= 0.6 is 0 Å². The van der Waals surface area contributed by atoms with Gasteiger partial charge in [-0.25, -0.2) is 0 Å². The van der Waals surface area contributed by atoms with Crippen molar-refractivity contribution in [2.75, 3.05) is 0 Å². The largest absolute Gasteiger partial charge is 0.512 e. The maximum absolute atomic E-state index is 11.7. The van der Waals surface area contributed by atoms with Gasteiger partial charge >= 0.3 is 0 Å². The standard InChI is InChI=1S/C26H25N2.C13H24O2.Ir/c1-25(2,3)14-16-12-17-10-11-27-24-19-15-28-21-9-7-6-8-18(21)23(19)26(4,5)20(13-16)22(17)24;1-5-10(6-2)12(14)9-13(15)11(7-3)8-4;/h6-13H,14H2,1-5H3;9-11,14H,5-8H2,1-4H3;/q-1;;/b;12-9-;/i14D2;;. The van der Waals surface area contributed by atoms with Crippen LogP contribution in [0.2, 0.25) is 0 Å². The van der Waals surface area contributed by atoms with Gasteiger partial charge in [0.05, 0.1) is 5.76 Å². The minimum Gasteiger partial charge on any atom is -0.512 e. The summed E-state index contributed by atoms with van der Waals surface area (Å²) in [5, 5.41) is 13.0. The van der Waals surface area contributed by atoms with Gasteiger partial charge in [-0.1, -0.05) is 104 Å². The van der Waals surface area contributed by atoms with Crippen LogP contribution in [-0.4, -0.2) is 20.9 Å². The Labute approximate surface area is 281 Å². The Balaban J connectivity index is 0.000000309. The fourth-order valence-electron chi connectivity index (χ4n) is 6.33. The SMILES string of the molecule is CCC(CC)C(=O)/C=C(\O)C(CC)CC.[2H]C([2H])(c1cc2c3c(nccc3c1)-c1[c-]nc3ccccc3c1C2(C)C)C(C)(C)C.[Ir]. The van der Waals surface area contributed by atoms with Gasteiger partial charge < -0.3 is 15.1 Å². The monoisotopic (exact) mass is 772 g/mol. The number of aliphatic hydroxyl groups excluding tert-OH is 1. The zero-order valence-electron chi connectivity index (χ0n) is 29.8. The molecule has 2 aromatic heterocycles. The van der Waals surface area contributed by atoms with Crippen LogP contribution in [0.1, 0.15) is 107 Å². The molecule has 1 aliphatic carbocycles. The van der Waals surface area contributed by atoms with Gasteiger partial charge in [0.25, 0.3) is 0 Å². The Morgan fingerprint density at radius 3 is 2.27 bits per heavy atom. The van der Waals surface area contributed by atoms with Crippen molar-refractivity contribution in [3.8, 4) is 11.3 Å². The second kappa shape index (κ2) is 14.5. The molecule has 1 radical (unpaired) electrons. The van der Waals surface area contributed by atoms with E-state index in [9.17, 15) is 9.90 Å². The van der Waals surface area contributed by atoms with Crippen LogP contribution in [-0.2, 0) is 36.7 Å². The topological polar surface area (TPSA) is 63.1 Å². The predicted octanol–water partition coefficient (Wildman–Crippen LogP) is 10.3. The first-order chi connectivity index (χ1) is 21.1. The summed E-state index contributed by atoms with van der Waals surface area (Å²) in [6, 6.07) is 14.2. The molecular weight excluding hydrogens is 721 g/mol. The van der Waals surface area contributed by atoms with E-state index in [0.717, 1.165) is 69.7 Å². The first kappa shape index (κ1) is 32.5. The number of ketones is 1. The molecule has 0 unspecified atom stereocenters. The number of benzene rings is 2. The third-order valence-corrected chi connectivity index (χ3v) is 8.71. The normalized spacial score (nSPS) is 14.8. The molecule has 5 rings (SSSR count). The number of para-hydroxylation sites is 1. The number of hydrogen-bond donors (Lipinski definition) is 1. The Hall–Kier alpha value is -2.88. The van der Waals surface area contributed by atoms with Crippen molar-refractivity contribution in [2.45, 2.75) is 99.8 Å². The van der Waals surface area contributed by atoms with E-state index in [1.165, 1.54) is 6.08 Å². The minimum absolute atomic E-state index is 0. The average Bonchev–Trinajstić information content (AvgIpc) is 3.00. The minimum atomic E-state index is -1.47. The van der Waals surface area contributed by atoms with Gasteiger partial charge in [-0.05, 0) is 88.3 Å². The number of hydrogen-bond acceptors (Lipinski definition) is 4. The average molecular weight is 772 g/mol. The molecule has 4 nitrogen and oxygen atoms in total. The summed E-state index contributed by atoms with van der Waals surface area (Å²) in [4.78, 5) is 21.0. The van der Waals surface area contributed by atoms with Gasteiger partial charge in [-0.2, -0.15) is 0 Å². The summed E-state index contributed by atoms with van der Waals surface area (Å²) in [6.45, 7) is 18.4. The summed E-state index contributed by atoms with van der Waals surface area (Å²) in [5.74, 6) is 0.547. The summed E-state index contributed by atoms with van der Waals surface area (Å²) < 4.78 is 17.8. The number of nitrogens with zero attached hydrogens (tertiary/aromatic N) is 2. The molecule has 0 saturated heterocycles. The number of carbonyl (C=O) groups is 1. The van der Waals surface area contributed by atoms with Crippen molar-refractivity contribution >= 4 is 27.5 Å². The Kier molecular flexibility index (Phi) is 10.7. The van der Waals surface area contributed by atoms with Gasteiger partial charge in [-0.15, -0.1) is 11.1 Å². The molecule has 2 heterocycles. The van der Waals surface area contributed by atoms with Gasteiger partial charge in [-0.3, -0.25) is 4.79 Å². The summed E-state index contributed by atoms with van der Waals surface area (Å²) in [5.41, 5.74) is 4.88. The molecule has 0 saturated carbocycles. The zero-order valence-corrected chi connectivity index (χ0v) is 30.2. The van der Waals surface area contributed by atoms with E-state index in [1.807, 2.05) is 85.0 Å². The molecule has 1 aliphatic rings. The number of fused-ring (bicyclic) bond motifs is 4. The van der Waals surface area contributed by atoms with E-state index >= 15 is 0 Å². The number of carbonyl (C=O) groups excluding carboxylic acids is 1. The van der Waals surface area contributed by atoms with E-state index in [4.69, 9.17) is 7.73 Å². The molecule has 0 fully saturated rings. The number of aromatic nitrogens is 2. The maximum atomic E-state index is 11.7. The van der Waals surface area contributed by atoms with E-state index < -0.39 is 11.8 Å². The first-order valence-corrected chi connectivity index (χ1v) is 15.8. The molecule has 0 spiro atoms. The number of rotatable bonds is 8. The molecule has 0 bridgehead atoms. The summed E-state index contributed by atoms with van der Waals surface area (Å²) >= 11 is 0. The van der Waals surface area contributed by atoms with E-state index in [2.05, 4.69) is 37.2 Å². The molecule has 44 heavy (non-hydrogen) atoms. The first-order valence-electron chi connectivity index (χ1n) is 16.8. The van der Waals surface area contributed by atoms with Crippen molar-refractivity contribution in [3.63, 3.8) is 0 Å². The van der Waals surface area contributed by atoms with Crippen molar-refractivity contribution in [1.82, 2.24) is 9.97 Å². The fraction of sp³-hybridized carbons (Fsp3) is 0.462. The maximum Gasteiger partial charge on any atom is 0.162 e. The molecule has 5 heteroatoms. The number of pyridine rings is 2. The van der Waals surface area contributed by atoms with Crippen LogP contribution in [0.25, 0.3) is 32.9 Å². The van der Waals surface area contributed by atoms with Crippen molar-refractivity contribution in [2.24, 2.45) is 17.3 Å². The molecule has 1 N–H and O–H groups in total. The second-order valence-electron chi connectivity index (χ2n) is 13.3. The van der Waals surface area contributed by atoms with Gasteiger partial charge in [0.2, 0.25) is 0 Å². The molecule has 0 atom stereocenters. The predicted molar refractivity (Wildman–Crippen MR) is 180 cm³/mol. The van der Waals surface area contributed by atoms with Crippen LogP contribution in [0.4, 0.5) is 0 Å². The third kappa shape index (κ3) is 7.32. The number of allylic oxidation sites excluding steroid dienone is 2. The summed E-state index contributed by atoms with van der Waals surface area (Å²) in [7, 11) is 0. The van der Waals surface area contributed by atoms with Crippen LogP contribution in [0, 0.1) is 23.4 Å². The Bertz CT molecular complexity index is 1730. The van der Waals surface area contributed by atoms with Crippen LogP contribution in [0.15, 0.2) is 60.5 Å². The van der Waals surface area contributed by atoms with E-state index in [1.54, 1.807) is 0 Å². The smallest absolute Gasteiger partial charge is 0.162 e. The Morgan fingerprint density at radius 2 is 1.66 bits per heavy atom. The van der Waals surface area contributed by atoms with Gasteiger partial charge in [0.15, 0.2) is 5.78 Å². The van der Waals surface area contributed by atoms with Crippen LogP contribution < -0.4 is 0 Å². The molecule has 237 valence electrons. The van der Waals surface area contributed by atoms with E-state index in [0.29, 0.717) is 5.56 Å². The fourth-order valence-corrected chi connectivity index (χ4v) is 6.33. The van der Waals surface area contributed by atoms with Crippen molar-refractivity contribution in [3.05, 3.63) is 83.4 Å². The van der Waals surface area contributed by atoms with Gasteiger partial charge in [0, 0.05) is 47.0 Å². The van der Waals surface area contributed by atoms with Gasteiger partial charge in [0.1, 0.15) is 0 Å². The van der Waals surface area contributed by atoms with E-state index in [-0.39, 0.29) is 48.9 Å². The van der Waals surface area contributed by atoms with Crippen LogP contribution in [0.5, 0.6) is 0 Å². The molecular formula is C39H49IrN2O2-.